The van der Waals surface area contributed by atoms with Crippen LogP contribution in [0.2, 0.25) is 0 Å². The predicted molar refractivity (Wildman–Crippen MR) is 100.0 cm³/mol. The average Bonchev–Trinajstić information content (AvgIpc) is 3.11. The predicted octanol–water partition coefficient (Wildman–Crippen LogP) is 3.16. The maximum Gasteiger partial charge on any atom is 0.251 e. The van der Waals surface area contributed by atoms with Gasteiger partial charge in [-0.1, -0.05) is 6.07 Å². The Labute approximate surface area is 152 Å². The summed E-state index contributed by atoms with van der Waals surface area (Å²) in [5.74, 6) is 1.44. The van der Waals surface area contributed by atoms with Gasteiger partial charge < -0.3 is 14.6 Å². The van der Waals surface area contributed by atoms with E-state index in [4.69, 9.17) is 4.74 Å². The lowest BCUT2D eigenvalue weighted by atomic mass is 10.2. The minimum Gasteiger partial charge on any atom is -0.491 e. The van der Waals surface area contributed by atoms with Crippen molar-refractivity contribution in [2.75, 3.05) is 6.54 Å². The molecule has 0 saturated carbocycles. The molecule has 1 N–H and O–H groups in total. The summed E-state index contributed by atoms with van der Waals surface area (Å²) in [6, 6.07) is 12.9. The van der Waals surface area contributed by atoms with E-state index >= 15 is 0 Å². The molecule has 6 heteroatoms. The molecule has 134 valence electrons. The highest BCUT2D eigenvalue weighted by Crippen LogP contribution is 2.15. The fraction of sp³-hybridized carbons (Fsp3) is 0.250. The van der Waals surface area contributed by atoms with Gasteiger partial charge in [-0.25, -0.2) is 4.98 Å². The highest BCUT2D eigenvalue weighted by atomic mass is 16.5. The van der Waals surface area contributed by atoms with E-state index in [1.54, 1.807) is 24.5 Å². The standard InChI is InChI=1S/C20H22N4O2/c1-15(2)26-17-8-6-16(7-9-17)20(25)23-12-14-24-13-11-22-19(24)18-5-3-4-10-21-18/h3-11,13,15H,12,14H2,1-2H3,(H,23,25). The minimum absolute atomic E-state index is 0.109. The van der Waals surface area contributed by atoms with Crippen LogP contribution in [0.1, 0.15) is 24.2 Å². The lowest BCUT2D eigenvalue weighted by molar-refractivity contribution is 0.0952. The molecule has 2 heterocycles. The van der Waals surface area contributed by atoms with Crippen LogP contribution in [0.3, 0.4) is 0 Å². The zero-order valence-corrected chi connectivity index (χ0v) is 14.9. The molecule has 1 aromatic carbocycles. The van der Waals surface area contributed by atoms with Crippen molar-refractivity contribution in [1.82, 2.24) is 19.9 Å². The molecule has 0 spiro atoms. The van der Waals surface area contributed by atoms with Gasteiger partial charge in [0.15, 0.2) is 5.82 Å². The number of nitrogens with zero attached hydrogens (tertiary/aromatic N) is 3. The maximum absolute atomic E-state index is 12.3. The monoisotopic (exact) mass is 350 g/mol. The molecule has 0 fully saturated rings. The molecule has 0 bridgehead atoms. The molecular weight excluding hydrogens is 328 g/mol. The summed E-state index contributed by atoms with van der Waals surface area (Å²) in [5, 5.41) is 2.93. The number of amides is 1. The molecule has 0 aliphatic heterocycles. The van der Waals surface area contributed by atoms with Crippen molar-refractivity contribution in [2.24, 2.45) is 0 Å². The van der Waals surface area contributed by atoms with E-state index in [1.807, 2.05) is 54.9 Å². The summed E-state index contributed by atoms with van der Waals surface area (Å²) in [6.07, 6.45) is 5.47. The molecule has 6 nitrogen and oxygen atoms in total. The second-order valence-electron chi connectivity index (χ2n) is 6.11. The fourth-order valence-corrected chi connectivity index (χ4v) is 2.57. The summed E-state index contributed by atoms with van der Waals surface area (Å²) in [7, 11) is 0. The van der Waals surface area contributed by atoms with Gasteiger partial charge in [0.2, 0.25) is 0 Å². The second kappa shape index (κ2) is 8.29. The Kier molecular flexibility index (Phi) is 5.63. The Bertz CT molecular complexity index is 842. The van der Waals surface area contributed by atoms with Gasteiger partial charge in [-0.15, -0.1) is 0 Å². The lowest BCUT2D eigenvalue weighted by Gasteiger charge is -2.11. The molecule has 0 aliphatic rings. The van der Waals surface area contributed by atoms with Crippen molar-refractivity contribution in [3.8, 4) is 17.3 Å². The maximum atomic E-state index is 12.3. The lowest BCUT2D eigenvalue weighted by Crippen LogP contribution is -2.27. The number of nitrogens with one attached hydrogen (secondary N) is 1. The van der Waals surface area contributed by atoms with Gasteiger partial charge in [-0.05, 0) is 50.2 Å². The number of rotatable bonds is 7. The minimum atomic E-state index is -0.111. The van der Waals surface area contributed by atoms with Gasteiger partial charge >= 0.3 is 0 Å². The Morgan fingerprint density at radius 3 is 2.62 bits per heavy atom. The van der Waals surface area contributed by atoms with Gasteiger partial charge in [0.25, 0.3) is 5.91 Å². The number of aromatic nitrogens is 3. The van der Waals surface area contributed by atoms with Crippen LogP contribution in [0.5, 0.6) is 5.75 Å². The number of imidazole rings is 1. The summed E-state index contributed by atoms with van der Waals surface area (Å²) in [5.41, 5.74) is 1.42. The van der Waals surface area contributed by atoms with E-state index in [0.717, 1.165) is 17.3 Å². The van der Waals surface area contributed by atoms with E-state index < -0.39 is 0 Å². The topological polar surface area (TPSA) is 69.0 Å². The zero-order valence-electron chi connectivity index (χ0n) is 14.9. The third-order valence-electron chi connectivity index (χ3n) is 3.74. The van der Waals surface area contributed by atoms with Crippen molar-refractivity contribution in [1.29, 1.82) is 0 Å². The first-order valence-electron chi connectivity index (χ1n) is 8.61. The molecule has 0 saturated heterocycles. The molecule has 1 amide bonds. The van der Waals surface area contributed by atoms with E-state index in [2.05, 4.69) is 15.3 Å². The number of hydrogen-bond acceptors (Lipinski definition) is 4. The molecule has 26 heavy (non-hydrogen) atoms. The smallest absolute Gasteiger partial charge is 0.251 e. The Morgan fingerprint density at radius 1 is 1.12 bits per heavy atom. The number of carbonyl (C=O) groups excluding carboxylic acids is 1. The van der Waals surface area contributed by atoms with Gasteiger partial charge in [0.1, 0.15) is 11.4 Å². The first kappa shape index (κ1) is 17.7. The number of hydrogen-bond donors (Lipinski definition) is 1. The molecule has 0 atom stereocenters. The van der Waals surface area contributed by atoms with Crippen molar-refractivity contribution in [3.05, 3.63) is 66.6 Å². The van der Waals surface area contributed by atoms with Crippen molar-refractivity contribution < 1.29 is 9.53 Å². The molecular formula is C20H22N4O2. The zero-order chi connectivity index (χ0) is 18.4. The summed E-state index contributed by atoms with van der Waals surface area (Å²) in [6.45, 7) is 5.05. The number of pyridine rings is 1. The SMILES string of the molecule is CC(C)Oc1ccc(C(=O)NCCn2ccnc2-c2ccccn2)cc1. The van der Waals surface area contributed by atoms with Gasteiger partial charge in [-0.3, -0.25) is 9.78 Å². The Hall–Kier alpha value is -3.15. The second-order valence-corrected chi connectivity index (χ2v) is 6.11. The van der Waals surface area contributed by atoms with Crippen LogP contribution >= 0.6 is 0 Å². The van der Waals surface area contributed by atoms with Gasteiger partial charge in [0, 0.05) is 37.2 Å². The highest BCUT2D eigenvalue weighted by Gasteiger charge is 2.09. The van der Waals surface area contributed by atoms with Crippen molar-refractivity contribution >= 4 is 5.91 Å². The quantitative estimate of drug-likeness (QED) is 0.711. The van der Waals surface area contributed by atoms with E-state index in [-0.39, 0.29) is 12.0 Å². The summed E-state index contributed by atoms with van der Waals surface area (Å²) in [4.78, 5) is 20.9. The normalized spacial score (nSPS) is 10.7. The largest absolute Gasteiger partial charge is 0.491 e. The molecule has 3 rings (SSSR count). The Morgan fingerprint density at radius 2 is 1.92 bits per heavy atom. The van der Waals surface area contributed by atoms with Crippen molar-refractivity contribution in [2.45, 2.75) is 26.5 Å². The Balaban J connectivity index is 1.55. The van der Waals surface area contributed by atoms with Crippen LogP contribution in [-0.4, -0.2) is 33.1 Å². The van der Waals surface area contributed by atoms with Crippen molar-refractivity contribution in [3.63, 3.8) is 0 Å². The van der Waals surface area contributed by atoms with Gasteiger partial charge in [0.05, 0.1) is 6.10 Å². The molecule has 2 aromatic heterocycles. The average molecular weight is 350 g/mol. The van der Waals surface area contributed by atoms with Crippen LogP contribution in [0.15, 0.2) is 61.1 Å². The fourth-order valence-electron chi connectivity index (χ4n) is 2.57. The number of ether oxygens (including phenoxy) is 1. The van der Waals surface area contributed by atoms with E-state index in [1.165, 1.54) is 0 Å². The number of benzene rings is 1. The first-order chi connectivity index (χ1) is 12.6. The first-order valence-corrected chi connectivity index (χ1v) is 8.61. The molecule has 0 aliphatic carbocycles. The van der Waals surface area contributed by atoms with Crippen LogP contribution in [-0.2, 0) is 6.54 Å². The van der Waals surface area contributed by atoms with E-state index in [9.17, 15) is 4.79 Å². The highest BCUT2D eigenvalue weighted by molar-refractivity contribution is 5.94. The van der Waals surface area contributed by atoms with Crippen LogP contribution < -0.4 is 10.1 Å². The van der Waals surface area contributed by atoms with Crippen LogP contribution in [0.4, 0.5) is 0 Å². The molecule has 3 aromatic rings. The number of carbonyl (C=O) groups is 1. The summed E-state index contributed by atoms with van der Waals surface area (Å²) < 4.78 is 7.56. The third kappa shape index (κ3) is 4.47. The summed E-state index contributed by atoms with van der Waals surface area (Å²) >= 11 is 0. The van der Waals surface area contributed by atoms with Crippen LogP contribution in [0.25, 0.3) is 11.5 Å². The van der Waals surface area contributed by atoms with E-state index in [0.29, 0.717) is 18.7 Å². The van der Waals surface area contributed by atoms with Gasteiger partial charge in [-0.2, -0.15) is 0 Å². The van der Waals surface area contributed by atoms with Crippen LogP contribution in [0, 0.1) is 0 Å². The molecule has 0 unspecified atom stereocenters. The molecule has 0 radical (unpaired) electrons. The third-order valence-corrected chi connectivity index (χ3v) is 3.74.